The summed E-state index contributed by atoms with van der Waals surface area (Å²) in [5.41, 5.74) is 1.79. The monoisotopic (exact) mass is 335 g/mol. The number of hydrogen-bond donors (Lipinski definition) is 1. The van der Waals surface area contributed by atoms with Crippen LogP contribution in [0.3, 0.4) is 0 Å². The molecule has 3 heterocycles. The van der Waals surface area contributed by atoms with Crippen molar-refractivity contribution < 1.29 is 13.2 Å². The lowest BCUT2D eigenvalue weighted by atomic mass is 10.0. The van der Waals surface area contributed by atoms with Crippen LogP contribution in [0.4, 0.5) is 5.69 Å². The summed E-state index contributed by atoms with van der Waals surface area (Å²) in [7, 11) is -3.44. The smallest absolute Gasteiger partial charge is 0.243 e. The van der Waals surface area contributed by atoms with Crippen LogP contribution in [-0.2, 0) is 21.2 Å². The first-order valence-electron chi connectivity index (χ1n) is 8.09. The number of amides is 1. The third-order valence-electron chi connectivity index (χ3n) is 5.32. The fourth-order valence-corrected chi connectivity index (χ4v) is 5.63. The highest BCUT2D eigenvalue weighted by Gasteiger charge is 2.41. The maximum atomic E-state index is 12.9. The number of sulfonamides is 1. The highest BCUT2D eigenvalue weighted by molar-refractivity contribution is 7.89. The van der Waals surface area contributed by atoms with Gasteiger partial charge >= 0.3 is 0 Å². The average Bonchev–Trinajstić information content (AvgIpc) is 3.19. The Morgan fingerprint density at radius 2 is 1.91 bits per heavy atom. The molecule has 0 radical (unpaired) electrons. The van der Waals surface area contributed by atoms with Crippen molar-refractivity contribution in [1.82, 2.24) is 9.62 Å². The van der Waals surface area contributed by atoms with E-state index >= 15 is 0 Å². The topological polar surface area (TPSA) is 69.7 Å². The zero-order valence-electron chi connectivity index (χ0n) is 13.2. The number of benzene rings is 1. The minimum Gasteiger partial charge on any atom is -0.316 e. The maximum Gasteiger partial charge on any atom is 0.243 e. The molecular weight excluding hydrogens is 314 g/mol. The summed E-state index contributed by atoms with van der Waals surface area (Å²) in [6.45, 7) is 5.21. The van der Waals surface area contributed by atoms with Gasteiger partial charge in [-0.25, -0.2) is 8.42 Å². The first kappa shape index (κ1) is 15.1. The average molecular weight is 335 g/mol. The lowest BCUT2D eigenvalue weighted by Crippen LogP contribution is -2.32. The molecule has 3 aliphatic rings. The molecule has 3 aliphatic heterocycles. The van der Waals surface area contributed by atoms with Crippen molar-refractivity contribution in [3.63, 3.8) is 0 Å². The zero-order valence-corrected chi connectivity index (χ0v) is 14.0. The van der Waals surface area contributed by atoms with Gasteiger partial charge < -0.3 is 10.2 Å². The molecule has 1 aromatic carbocycles. The summed E-state index contributed by atoms with van der Waals surface area (Å²) >= 11 is 0. The second kappa shape index (κ2) is 5.29. The van der Waals surface area contributed by atoms with E-state index in [1.54, 1.807) is 27.4 Å². The van der Waals surface area contributed by atoms with Crippen molar-refractivity contribution in [2.24, 2.45) is 11.8 Å². The number of carbonyl (C=O) groups is 1. The summed E-state index contributed by atoms with van der Waals surface area (Å²) in [4.78, 5) is 13.7. The second-order valence-corrected chi connectivity index (χ2v) is 8.65. The molecule has 4 rings (SSSR count). The molecule has 1 N–H and O–H groups in total. The molecule has 1 amide bonds. The van der Waals surface area contributed by atoms with Gasteiger partial charge in [0.15, 0.2) is 0 Å². The van der Waals surface area contributed by atoms with E-state index < -0.39 is 10.0 Å². The van der Waals surface area contributed by atoms with Gasteiger partial charge in [-0.05, 0) is 55.1 Å². The van der Waals surface area contributed by atoms with E-state index in [1.807, 2.05) is 0 Å². The number of nitrogens with zero attached hydrogens (tertiary/aromatic N) is 2. The molecule has 0 aliphatic carbocycles. The second-order valence-electron chi connectivity index (χ2n) is 6.71. The molecule has 23 heavy (non-hydrogen) atoms. The molecule has 2 saturated heterocycles. The van der Waals surface area contributed by atoms with E-state index in [9.17, 15) is 13.2 Å². The normalized spacial score (nSPS) is 27.3. The van der Waals surface area contributed by atoms with Gasteiger partial charge in [-0.15, -0.1) is 0 Å². The van der Waals surface area contributed by atoms with Crippen molar-refractivity contribution in [2.45, 2.75) is 18.2 Å². The number of carbonyl (C=O) groups excluding carboxylic acids is 1. The number of anilines is 1. The van der Waals surface area contributed by atoms with E-state index in [2.05, 4.69) is 5.32 Å². The Hall–Kier alpha value is -1.44. The first-order valence-corrected chi connectivity index (χ1v) is 9.53. The molecule has 7 heteroatoms. The highest BCUT2D eigenvalue weighted by atomic mass is 32.2. The van der Waals surface area contributed by atoms with Crippen LogP contribution < -0.4 is 10.2 Å². The van der Waals surface area contributed by atoms with Crippen molar-refractivity contribution >= 4 is 21.6 Å². The number of nitrogens with one attached hydrogen (secondary N) is 1. The van der Waals surface area contributed by atoms with Gasteiger partial charge in [0.05, 0.1) is 4.90 Å². The van der Waals surface area contributed by atoms with Crippen molar-refractivity contribution in [1.29, 1.82) is 0 Å². The van der Waals surface area contributed by atoms with E-state index in [4.69, 9.17) is 0 Å². The van der Waals surface area contributed by atoms with Crippen LogP contribution in [0.15, 0.2) is 23.1 Å². The lowest BCUT2D eigenvalue weighted by molar-refractivity contribution is -0.116. The summed E-state index contributed by atoms with van der Waals surface area (Å²) < 4.78 is 27.4. The molecular formula is C16H21N3O3S. The fraction of sp³-hybridized carbons (Fsp3) is 0.562. The van der Waals surface area contributed by atoms with Crippen LogP contribution in [0.2, 0.25) is 0 Å². The third kappa shape index (κ3) is 2.38. The SMILES string of the molecule is CC(=O)N1CCc2cc(S(=O)(=O)N3C[C@H]4CNC[C@H]4C3)ccc21. The fourth-order valence-electron chi connectivity index (χ4n) is 4.02. The van der Waals surface area contributed by atoms with E-state index in [1.165, 1.54) is 6.92 Å². The Kier molecular flexibility index (Phi) is 3.48. The van der Waals surface area contributed by atoms with Crippen LogP contribution in [-0.4, -0.2) is 51.4 Å². The van der Waals surface area contributed by atoms with E-state index in [0.717, 1.165) is 24.3 Å². The standard InChI is InChI=1S/C16H21N3O3S/c1-11(20)19-5-4-12-6-15(2-3-16(12)19)23(21,22)18-9-13-7-17-8-14(13)10-18/h2-3,6,13-14,17H,4-5,7-10H2,1H3/t13-,14+. The first-order chi connectivity index (χ1) is 11.0. The van der Waals surface area contributed by atoms with E-state index in [0.29, 0.717) is 42.8 Å². The van der Waals surface area contributed by atoms with E-state index in [-0.39, 0.29) is 5.91 Å². The van der Waals surface area contributed by atoms with Crippen molar-refractivity contribution in [2.75, 3.05) is 37.6 Å². The summed E-state index contributed by atoms with van der Waals surface area (Å²) in [5.74, 6) is 0.874. The summed E-state index contributed by atoms with van der Waals surface area (Å²) in [5, 5.41) is 3.33. The van der Waals surface area contributed by atoms with Crippen LogP contribution >= 0.6 is 0 Å². The zero-order chi connectivity index (χ0) is 16.2. The van der Waals surface area contributed by atoms with Crippen LogP contribution in [0.1, 0.15) is 12.5 Å². The molecule has 0 bridgehead atoms. The third-order valence-corrected chi connectivity index (χ3v) is 7.15. The summed E-state index contributed by atoms with van der Waals surface area (Å²) in [6.07, 6.45) is 0.716. The Morgan fingerprint density at radius 1 is 1.22 bits per heavy atom. The Labute approximate surface area is 136 Å². The van der Waals surface area contributed by atoms with Gasteiger partial charge in [0.25, 0.3) is 0 Å². The van der Waals surface area contributed by atoms with Crippen LogP contribution in [0.25, 0.3) is 0 Å². The van der Waals surface area contributed by atoms with Crippen molar-refractivity contribution in [3.05, 3.63) is 23.8 Å². The minimum absolute atomic E-state index is 0.000717. The number of rotatable bonds is 2. The Bertz CT molecular complexity index is 750. The molecule has 1 aromatic rings. The van der Waals surface area contributed by atoms with Gasteiger partial charge in [-0.2, -0.15) is 4.31 Å². The minimum atomic E-state index is -3.44. The van der Waals surface area contributed by atoms with Gasteiger partial charge in [0.2, 0.25) is 15.9 Å². The molecule has 0 aromatic heterocycles. The van der Waals surface area contributed by atoms with Crippen LogP contribution in [0.5, 0.6) is 0 Å². The molecule has 124 valence electrons. The largest absolute Gasteiger partial charge is 0.316 e. The van der Waals surface area contributed by atoms with Gasteiger partial charge in [-0.1, -0.05) is 0 Å². The van der Waals surface area contributed by atoms with Gasteiger partial charge in [-0.3, -0.25) is 4.79 Å². The summed E-state index contributed by atoms with van der Waals surface area (Å²) in [6, 6.07) is 5.16. The number of hydrogen-bond acceptors (Lipinski definition) is 4. The molecule has 0 saturated carbocycles. The molecule has 2 fully saturated rings. The predicted octanol–water partition coefficient (Wildman–Crippen LogP) is 0.436. The van der Waals surface area contributed by atoms with Gasteiger partial charge in [0.1, 0.15) is 0 Å². The lowest BCUT2D eigenvalue weighted by Gasteiger charge is -2.19. The number of fused-ring (bicyclic) bond motifs is 2. The Morgan fingerprint density at radius 3 is 2.57 bits per heavy atom. The molecule has 0 unspecified atom stereocenters. The quantitative estimate of drug-likeness (QED) is 0.851. The molecule has 2 atom stereocenters. The molecule has 6 nitrogen and oxygen atoms in total. The highest BCUT2D eigenvalue weighted by Crippen LogP contribution is 2.34. The van der Waals surface area contributed by atoms with Crippen molar-refractivity contribution in [3.8, 4) is 0 Å². The molecule has 0 spiro atoms. The predicted molar refractivity (Wildman–Crippen MR) is 86.8 cm³/mol. The Balaban J connectivity index is 1.62. The maximum absolute atomic E-state index is 12.9. The van der Waals surface area contributed by atoms with Gasteiger partial charge in [0, 0.05) is 32.2 Å². The van der Waals surface area contributed by atoms with Crippen LogP contribution in [0, 0.1) is 11.8 Å².